The van der Waals surface area contributed by atoms with Gasteiger partial charge in [-0.1, -0.05) is 56.2 Å². The molecule has 5 nitrogen and oxygen atoms in total. The topological polar surface area (TPSA) is 68.4 Å². The molecule has 29 heavy (non-hydrogen) atoms. The highest BCUT2D eigenvalue weighted by Gasteiger charge is 2.18. The molecular formula is C24H27NO4. The maximum atomic E-state index is 11.7. The number of nitrogens with one attached hydrogen (secondary N) is 1. The van der Waals surface area contributed by atoms with Crippen LogP contribution in [0.3, 0.4) is 0 Å². The van der Waals surface area contributed by atoms with Gasteiger partial charge >= 0.3 is 5.97 Å². The van der Waals surface area contributed by atoms with E-state index < -0.39 is 0 Å². The van der Waals surface area contributed by atoms with Crippen molar-refractivity contribution in [1.82, 2.24) is 4.98 Å². The van der Waals surface area contributed by atoms with Crippen molar-refractivity contribution < 1.29 is 14.3 Å². The number of esters is 1. The molecule has 0 aliphatic rings. The van der Waals surface area contributed by atoms with Gasteiger partial charge in [0.1, 0.15) is 18.5 Å². The lowest BCUT2D eigenvalue weighted by atomic mass is 9.98. The van der Waals surface area contributed by atoms with Crippen LogP contribution in [0.1, 0.15) is 56.8 Å². The summed E-state index contributed by atoms with van der Waals surface area (Å²) in [5, 5.41) is 0.910. The summed E-state index contributed by atoms with van der Waals surface area (Å²) in [7, 11) is 0. The predicted octanol–water partition coefficient (Wildman–Crippen LogP) is 5.29. The fraction of sp³-hybridized carbons (Fsp3) is 0.333. The molecule has 1 unspecified atom stereocenters. The van der Waals surface area contributed by atoms with Crippen molar-refractivity contribution in [3.05, 3.63) is 76.1 Å². The van der Waals surface area contributed by atoms with Gasteiger partial charge in [0.15, 0.2) is 0 Å². The Bertz CT molecular complexity index is 1020. The second kappa shape index (κ2) is 9.92. The van der Waals surface area contributed by atoms with Crippen LogP contribution < -0.4 is 10.3 Å². The zero-order valence-corrected chi connectivity index (χ0v) is 16.9. The number of ether oxygens (including phenoxy) is 2. The first-order valence-corrected chi connectivity index (χ1v) is 10.1. The van der Waals surface area contributed by atoms with E-state index in [0.29, 0.717) is 17.9 Å². The Labute approximate surface area is 170 Å². The number of hydrogen-bond donors (Lipinski definition) is 1. The first kappa shape index (κ1) is 20.6. The largest absolute Gasteiger partial charge is 0.487 e. The Kier molecular flexibility index (Phi) is 7.06. The highest BCUT2D eigenvalue weighted by Crippen LogP contribution is 2.29. The van der Waals surface area contributed by atoms with E-state index in [0.717, 1.165) is 42.2 Å². The lowest BCUT2D eigenvalue weighted by molar-refractivity contribution is -0.147. The predicted molar refractivity (Wildman–Crippen MR) is 114 cm³/mol. The normalized spacial score (nSPS) is 11.9. The fourth-order valence-electron chi connectivity index (χ4n) is 3.46. The minimum atomic E-state index is -0.286. The lowest BCUT2D eigenvalue weighted by Crippen LogP contribution is -2.12. The molecule has 0 radical (unpaired) electrons. The van der Waals surface area contributed by atoms with Gasteiger partial charge in [-0.2, -0.15) is 0 Å². The summed E-state index contributed by atoms with van der Waals surface area (Å²) in [6.07, 6.45) is 3.70. The zero-order chi connectivity index (χ0) is 20.6. The van der Waals surface area contributed by atoms with Gasteiger partial charge in [0.2, 0.25) is 5.56 Å². The summed E-state index contributed by atoms with van der Waals surface area (Å²) >= 11 is 0. The number of pyridine rings is 1. The summed E-state index contributed by atoms with van der Waals surface area (Å²) in [5.74, 6) is 0.332. The van der Waals surface area contributed by atoms with Gasteiger partial charge in [-0.3, -0.25) is 9.59 Å². The van der Waals surface area contributed by atoms with Crippen LogP contribution in [0, 0.1) is 0 Å². The molecule has 0 aliphatic heterocycles. The highest BCUT2D eigenvalue weighted by atomic mass is 16.5. The number of unbranched alkanes of at least 4 members (excludes halogenated alkanes) is 2. The second-order valence-electron chi connectivity index (χ2n) is 7.12. The van der Waals surface area contributed by atoms with E-state index in [1.54, 1.807) is 6.07 Å². The highest BCUT2D eigenvalue weighted by molar-refractivity contribution is 5.84. The SMILES string of the molecule is CCCCCC(OC(C)=O)c1ccccc1COc1cccc2ccc(=O)[nH]c12. The van der Waals surface area contributed by atoms with Crippen LogP contribution in [-0.4, -0.2) is 11.0 Å². The minimum absolute atomic E-state index is 0.167. The van der Waals surface area contributed by atoms with Crippen LogP contribution >= 0.6 is 0 Å². The average Bonchev–Trinajstić information content (AvgIpc) is 2.71. The Morgan fingerprint density at radius 3 is 2.66 bits per heavy atom. The molecule has 0 saturated carbocycles. The van der Waals surface area contributed by atoms with Gasteiger partial charge in [0, 0.05) is 18.4 Å². The fourth-order valence-corrected chi connectivity index (χ4v) is 3.46. The van der Waals surface area contributed by atoms with Crippen LogP contribution in [0.15, 0.2) is 59.4 Å². The third-order valence-electron chi connectivity index (χ3n) is 4.88. The number of aromatic amines is 1. The first-order valence-electron chi connectivity index (χ1n) is 10.1. The molecule has 3 rings (SSSR count). The van der Waals surface area contributed by atoms with Crippen LogP contribution in [0.4, 0.5) is 0 Å². The summed E-state index contributed by atoms with van der Waals surface area (Å²) in [6, 6.07) is 16.8. The van der Waals surface area contributed by atoms with Gasteiger partial charge in [-0.25, -0.2) is 0 Å². The summed E-state index contributed by atoms with van der Waals surface area (Å²) in [4.78, 5) is 26.2. The first-order chi connectivity index (χ1) is 14.1. The van der Waals surface area contributed by atoms with Crippen molar-refractivity contribution in [1.29, 1.82) is 0 Å². The molecule has 1 aromatic heterocycles. The van der Waals surface area contributed by atoms with Gasteiger partial charge < -0.3 is 14.5 Å². The van der Waals surface area contributed by atoms with Crippen LogP contribution in [0.25, 0.3) is 10.9 Å². The van der Waals surface area contributed by atoms with Crippen molar-refractivity contribution in [2.24, 2.45) is 0 Å². The number of carbonyl (C=O) groups excluding carboxylic acids is 1. The molecule has 1 N–H and O–H groups in total. The molecule has 0 amide bonds. The summed E-state index contributed by atoms with van der Waals surface area (Å²) < 4.78 is 11.7. The molecule has 5 heteroatoms. The van der Waals surface area contributed by atoms with Gasteiger partial charge in [0.05, 0.1) is 5.52 Å². The summed E-state index contributed by atoms with van der Waals surface area (Å²) in [5.41, 5.74) is 2.44. The molecule has 0 bridgehead atoms. The van der Waals surface area contributed by atoms with Crippen molar-refractivity contribution in [2.45, 2.75) is 52.2 Å². The summed E-state index contributed by atoms with van der Waals surface area (Å²) in [6.45, 7) is 3.91. The number of hydrogen-bond acceptors (Lipinski definition) is 4. The van der Waals surface area contributed by atoms with Crippen molar-refractivity contribution in [3.8, 4) is 5.75 Å². The van der Waals surface area contributed by atoms with E-state index in [4.69, 9.17) is 9.47 Å². The smallest absolute Gasteiger partial charge is 0.303 e. The lowest BCUT2D eigenvalue weighted by Gasteiger charge is -2.21. The molecule has 0 spiro atoms. The average molecular weight is 393 g/mol. The van der Waals surface area contributed by atoms with E-state index in [2.05, 4.69) is 11.9 Å². The number of rotatable bonds is 9. The maximum absolute atomic E-state index is 11.7. The van der Waals surface area contributed by atoms with Crippen molar-refractivity contribution in [2.75, 3.05) is 0 Å². The van der Waals surface area contributed by atoms with Gasteiger partial charge in [-0.05, 0) is 36.1 Å². The molecular weight excluding hydrogens is 366 g/mol. The van der Waals surface area contributed by atoms with Crippen LogP contribution in [0.5, 0.6) is 5.75 Å². The number of H-pyrrole nitrogens is 1. The van der Waals surface area contributed by atoms with Crippen LogP contribution in [-0.2, 0) is 16.1 Å². The molecule has 3 aromatic rings. The number of para-hydroxylation sites is 1. The van der Waals surface area contributed by atoms with E-state index in [-0.39, 0.29) is 17.6 Å². The molecule has 0 aliphatic carbocycles. The molecule has 1 heterocycles. The van der Waals surface area contributed by atoms with Crippen molar-refractivity contribution >= 4 is 16.9 Å². The van der Waals surface area contributed by atoms with E-state index in [9.17, 15) is 9.59 Å². The Hall–Kier alpha value is -3.08. The third-order valence-corrected chi connectivity index (χ3v) is 4.88. The molecule has 2 aromatic carbocycles. The molecule has 152 valence electrons. The Balaban J connectivity index is 1.84. The number of benzene rings is 2. The number of fused-ring (bicyclic) bond motifs is 1. The monoisotopic (exact) mass is 393 g/mol. The third kappa shape index (κ3) is 5.47. The van der Waals surface area contributed by atoms with Gasteiger partial charge in [-0.15, -0.1) is 0 Å². The van der Waals surface area contributed by atoms with E-state index in [1.165, 1.54) is 13.0 Å². The number of carbonyl (C=O) groups is 1. The molecule has 1 atom stereocenters. The second-order valence-corrected chi connectivity index (χ2v) is 7.12. The number of aromatic nitrogens is 1. The van der Waals surface area contributed by atoms with Gasteiger partial charge in [0.25, 0.3) is 0 Å². The van der Waals surface area contributed by atoms with E-state index in [1.807, 2.05) is 42.5 Å². The minimum Gasteiger partial charge on any atom is -0.487 e. The Morgan fingerprint density at radius 2 is 1.86 bits per heavy atom. The standard InChI is InChI=1S/C24H27NO4/c1-3-4-5-12-21(29-17(2)26)20-11-7-6-9-19(20)16-28-22-13-8-10-18-14-15-23(27)25-24(18)22/h6-11,13-15,21H,3-5,12,16H2,1-2H3,(H,25,27). The molecule has 0 saturated heterocycles. The molecule has 0 fully saturated rings. The maximum Gasteiger partial charge on any atom is 0.303 e. The zero-order valence-electron chi connectivity index (χ0n) is 16.9. The quantitative estimate of drug-likeness (QED) is 0.396. The van der Waals surface area contributed by atoms with Crippen molar-refractivity contribution in [3.63, 3.8) is 0 Å². The van der Waals surface area contributed by atoms with E-state index >= 15 is 0 Å². The van der Waals surface area contributed by atoms with Crippen LogP contribution in [0.2, 0.25) is 0 Å². The Morgan fingerprint density at radius 1 is 1.03 bits per heavy atom.